The van der Waals surface area contributed by atoms with Crippen LogP contribution in [0, 0.1) is 41.4 Å². The van der Waals surface area contributed by atoms with E-state index in [1.54, 1.807) is 0 Å². The number of alkyl halides is 6. The predicted molar refractivity (Wildman–Crippen MR) is 130 cm³/mol. The van der Waals surface area contributed by atoms with Crippen molar-refractivity contribution in [2.45, 2.75) is 18.3 Å². The maximum atomic E-state index is 14.9. The van der Waals surface area contributed by atoms with Crippen LogP contribution in [0.2, 0.25) is 0 Å². The Morgan fingerprint density at radius 3 is 1.34 bits per heavy atom. The van der Waals surface area contributed by atoms with E-state index in [4.69, 9.17) is 0 Å². The Kier molecular flexibility index (Phi) is 15.0. The fraction of sp³-hybridized carbons (Fsp3) is 0.583. The molecule has 0 amide bonds. The van der Waals surface area contributed by atoms with Crippen molar-refractivity contribution in [2.75, 3.05) is 76.9 Å². The van der Waals surface area contributed by atoms with E-state index in [9.17, 15) is 70.3 Å². The summed E-state index contributed by atoms with van der Waals surface area (Å²) in [5, 5.41) is 39.6. The topological polar surface area (TPSA) is 165 Å². The molecule has 0 aliphatic carbocycles. The molecule has 1 aromatic rings. The van der Waals surface area contributed by atoms with E-state index in [1.165, 1.54) is 14.7 Å². The summed E-state index contributed by atoms with van der Waals surface area (Å²) in [6, 6.07) is 0.0324. The summed E-state index contributed by atoms with van der Waals surface area (Å²) < 4.78 is 95.8. The van der Waals surface area contributed by atoms with Gasteiger partial charge in [-0.25, -0.2) is 4.39 Å². The van der Waals surface area contributed by atoms with Crippen molar-refractivity contribution in [1.29, 1.82) is 0 Å². The number of anilines is 1. The molecule has 1 aliphatic rings. The van der Waals surface area contributed by atoms with Gasteiger partial charge in [0.2, 0.25) is 0 Å². The maximum absolute atomic E-state index is 14.9. The van der Waals surface area contributed by atoms with Crippen LogP contribution in [0.1, 0.15) is 21.8 Å². The largest absolute Gasteiger partial charge is 0.545 e. The molecular formula is C24H28F7LaN4O8-. The minimum Gasteiger partial charge on any atom is -0.545 e. The maximum Gasteiger partial charge on any atom is 0.404 e. The van der Waals surface area contributed by atoms with Crippen molar-refractivity contribution >= 4 is 29.6 Å². The zero-order valence-electron chi connectivity index (χ0n) is 22.9. The Labute approximate surface area is 273 Å². The Bertz CT molecular complexity index is 1140. The molecule has 44 heavy (non-hydrogen) atoms. The third-order valence-corrected chi connectivity index (χ3v) is 6.54. The van der Waals surface area contributed by atoms with Crippen LogP contribution in [0.15, 0.2) is 12.1 Å². The van der Waals surface area contributed by atoms with Crippen LogP contribution in [0.3, 0.4) is 0 Å². The van der Waals surface area contributed by atoms with Gasteiger partial charge in [-0.2, -0.15) is 26.3 Å². The Hall–Kier alpha value is -2.52. The van der Waals surface area contributed by atoms with E-state index in [-0.39, 0.29) is 87.0 Å². The zero-order chi connectivity index (χ0) is 32.7. The second kappa shape index (κ2) is 16.7. The van der Waals surface area contributed by atoms with Crippen molar-refractivity contribution in [3.63, 3.8) is 0 Å². The smallest absolute Gasteiger partial charge is 0.404 e. The number of hydrogen-bond acceptors (Lipinski definition) is 9. The number of nitrogens with zero attached hydrogens (tertiary/aromatic N) is 4. The van der Waals surface area contributed by atoms with Crippen molar-refractivity contribution in [2.24, 2.45) is 0 Å². The summed E-state index contributed by atoms with van der Waals surface area (Å²) in [6.45, 7) is -3.53. The average molecular weight is 772 g/mol. The number of carbonyl (C=O) groups excluding carboxylic acids is 1. The van der Waals surface area contributed by atoms with Crippen LogP contribution in [0.5, 0.6) is 0 Å². The number of aromatic carboxylic acids is 1. The molecule has 0 bridgehead atoms. The van der Waals surface area contributed by atoms with Gasteiger partial charge in [0.05, 0.1) is 31.2 Å². The van der Waals surface area contributed by atoms with Crippen molar-refractivity contribution in [1.82, 2.24) is 14.7 Å². The third kappa shape index (κ3) is 12.1. The first kappa shape index (κ1) is 39.5. The van der Waals surface area contributed by atoms with E-state index >= 15 is 0 Å². The second-order valence-corrected chi connectivity index (χ2v) is 9.70. The summed E-state index contributed by atoms with van der Waals surface area (Å²) in [7, 11) is 0. The summed E-state index contributed by atoms with van der Waals surface area (Å²) in [5.74, 6) is -12.3. The number of carboxylic acids is 4. The van der Waals surface area contributed by atoms with Gasteiger partial charge in [-0.1, -0.05) is 0 Å². The number of benzene rings is 1. The van der Waals surface area contributed by atoms with Gasteiger partial charge in [0.25, 0.3) is 0 Å². The standard InChI is InChI=1S/C24H29F7N4O8.La/c25-15-9-14(21(23(26,27)28)24(29,30)31)10-16(20(15)22(42)43)35-7-5-33(12-18(38)39)3-1-32(11-17(36)37)2-4-34(6-8-35)13-19(40)41;/h9-10,21H,1-8,11-13H2,(H,36,37)(H,38,39)(H,40,41)(H,42,43);/p-1. The average Bonchev–Trinajstić information content (AvgIpc) is 2.80. The van der Waals surface area contributed by atoms with Crippen LogP contribution in [-0.2, 0) is 14.4 Å². The molecule has 2 rings (SSSR count). The first-order valence-corrected chi connectivity index (χ1v) is 12.5. The normalized spacial score (nSPS) is 17.0. The van der Waals surface area contributed by atoms with E-state index in [0.29, 0.717) is 0 Å². The van der Waals surface area contributed by atoms with Crippen LogP contribution in [-0.4, -0.2) is 138 Å². The summed E-state index contributed by atoms with van der Waals surface area (Å²) in [6.07, 6.45) is -11.9. The second-order valence-electron chi connectivity index (χ2n) is 9.70. The van der Waals surface area contributed by atoms with Gasteiger partial charge in [-0.3, -0.25) is 29.1 Å². The van der Waals surface area contributed by atoms with Gasteiger partial charge in [-0.15, -0.1) is 0 Å². The predicted octanol–water partition coefficient (Wildman–Crippen LogP) is 0.377. The molecule has 0 atom stereocenters. The molecule has 12 nitrogen and oxygen atoms in total. The number of carbonyl (C=O) groups is 4. The molecule has 0 spiro atoms. The van der Waals surface area contributed by atoms with Gasteiger partial charge in [0.15, 0.2) is 5.92 Å². The molecule has 20 heteroatoms. The van der Waals surface area contributed by atoms with Gasteiger partial charge in [0.1, 0.15) is 5.82 Å². The van der Waals surface area contributed by atoms with E-state index in [2.05, 4.69) is 0 Å². The molecule has 0 unspecified atom stereocenters. The fourth-order valence-corrected chi connectivity index (χ4v) is 4.62. The number of halogens is 7. The van der Waals surface area contributed by atoms with Crippen molar-refractivity contribution < 1.29 is 106 Å². The number of hydrogen-bond donors (Lipinski definition) is 3. The summed E-state index contributed by atoms with van der Waals surface area (Å²) >= 11 is 0. The minimum absolute atomic E-state index is 0. The van der Waals surface area contributed by atoms with Gasteiger partial charge in [-0.05, 0) is 17.7 Å². The zero-order valence-corrected chi connectivity index (χ0v) is 26.5. The summed E-state index contributed by atoms with van der Waals surface area (Å²) in [5.41, 5.74) is -3.90. The van der Waals surface area contributed by atoms with Crippen LogP contribution < -0.4 is 10.0 Å². The molecular weight excluding hydrogens is 744 g/mol. The Balaban J connectivity index is 0.00000968. The van der Waals surface area contributed by atoms with Crippen molar-refractivity contribution in [3.05, 3.63) is 29.1 Å². The molecule has 1 fully saturated rings. The van der Waals surface area contributed by atoms with Gasteiger partial charge in [0, 0.05) is 93.6 Å². The van der Waals surface area contributed by atoms with Crippen LogP contribution in [0.4, 0.5) is 36.4 Å². The van der Waals surface area contributed by atoms with Crippen LogP contribution in [0.25, 0.3) is 0 Å². The Morgan fingerprint density at radius 1 is 0.705 bits per heavy atom. The van der Waals surface area contributed by atoms with E-state index in [0.717, 1.165) is 4.90 Å². The number of carboxylic acid groups (broad SMARTS) is 4. The monoisotopic (exact) mass is 772 g/mol. The molecule has 1 heterocycles. The molecule has 1 radical (unpaired) electrons. The molecule has 1 aromatic carbocycles. The molecule has 0 saturated carbocycles. The molecule has 3 N–H and O–H groups in total. The molecule has 0 aromatic heterocycles. The number of rotatable bonds is 9. The van der Waals surface area contributed by atoms with Gasteiger partial charge >= 0.3 is 30.3 Å². The molecule has 1 aliphatic heterocycles. The quantitative estimate of drug-likeness (QED) is 0.296. The summed E-state index contributed by atoms with van der Waals surface area (Å²) in [4.78, 5) is 50.8. The molecule has 1 saturated heterocycles. The minimum atomic E-state index is -5.94. The van der Waals surface area contributed by atoms with E-state index < -0.39 is 97.5 Å². The first-order valence-electron chi connectivity index (χ1n) is 12.5. The first-order chi connectivity index (χ1) is 19.8. The Morgan fingerprint density at radius 2 is 1.05 bits per heavy atom. The fourth-order valence-electron chi connectivity index (χ4n) is 4.62. The van der Waals surface area contributed by atoms with Crippen LogP contribution >= 0.6 is 0 Å². The number of aliphatic carboxylic acids is 3. The molecule has 245 valence electrons. The van der Waals surface area contributed by atoms with Crippen molar-refractivity contribution in [3.8, 4) is 0 Å². The SMILES string of the molecule is O=C(O)CN1CCN(CC(=O)O)CCN(c2cc(C(C(F)(F)F)C(F)(F)F)cc(F)c2C(=O)[O-])CCN(CC(=O)O)CC1.[La]. The third-order valence-electron chi connectivity index (χ3n) is 6.54. The van der Waals surface area contributed by atoms with Gasteiger partial charge < -0.3 is 30.1 Å². The van der Waals surface area contributed by atoms with E-state index in [1.807, 2.05) is 0 Å².